The van der Waals surface area contributed by atoms with Crippen molar-refractivity contribution in [2.45, 2.75) is 37.5 Å². The van der Waals surface area contributed by atoms with Crippen molar-refractivity contribution < 1.29 is 8.42 Å². The molecule has 0 bridgehead atoms. The van der Waals surface area contributed by atoms with Crippen LogP contribution < -0.4 is 0 Å². The second-order valence-corrected chi connectivity index (χ2v) is 7.97. The second kappa shape index (κ2) is 5.81. The fraction of sp³-hybridized carbons (Fsp3) is 0.278. The lowest BCUT2D eigenvalue weighted by Crippen LogP contribution is -2.15. The predicted molar refractivity (Wildman–Crippen MR) is 92.2 cm³/mol. The highest BCUT2D eigenvalue weighted by Crippen LogP contribution is 2.30. The number of aromatic nitrogens is 2. The van der Waals surface area contributed by atoms with E-state index in [-0.39, 0.29) is 0 Å². The Kier molecular flexibility index (Phi) is 3.98. The van der Waals surface area contributed by atoms with Crippen molar-refractivity contribution in [3.05, 3.63) is 59.9 Å². The van der Waals surface area contributed by atoms with Gasteiger partial charge in [0, 0.05) is 6.54 Å². The quantitative estimate of drug-likeness (QED) is 0.730. The van der Waals surface area contributed by atoms with Gasteiger partial charge in [0.05, 0.1) is 15.9 Å². The molecule has 1 atom stereocenters. The molecule has 0 saturated heterocycles. The van der Waals surface area contributed by atoms with Gasteiger partial charge in [-0.2, -0.15) is 0 Å². The molecule has 0 radical (unpaired) electrons. The first kappa shape index (κ1) is 15.7. The number of aryl methyl sites for hydroxylation is 2. The van der Waals surface area contributed by atoms with Gasteiger partial charge in [0.1, 0.15) is 11.1 Å². The average Bonchev–Trinajstić information content (AvgIpc) is 2.92. The lowest BCUT2D eigenvalue weighted by Gasteiger charge is -2.14. The van der Waals surface area contributed by atoms with Crippen LogP contribution in [0.5, 0.6) is 0 Å². The molecule has 4 nitrogen and oxygen atoms in total. The van der Waals surface area contributed by atoms with Crippen molar-refractivity contribution in [2.75, 3.05) is 0 Å². The zero-order chi connectivity index (χ0) is 16.6. The molecule has 3 rings (SSSR count). The second-order valence-electron chi connectivity index (χ2n) is 5.70. The molecule has 1 heterocycles. The highest BCUT2D eigenvalue weighted by Gasteiger charge is 2.29. The molecule has 0 saturated carbocycles. The van der Waals surface area contributed by atoms with Crippen molar-refractivity contribution in [3.63, 3.8) is 0 Å². The van der Waals surface area contributed by atoms with E-state index >= 15 is 0 Å². The fourth-order valence-electron chi connectivity index (χ4n) is 2.81. The van der Waals surface area contributed by atoms with E-state index < -0.39 is 15.1 Å². The van der Waals surface area contributed by atoms with Crippen LogP contribution in [0.1, 0.15) is 30.5 Å². The highest BCUT2D eigenvalue weighted by atomic mass is 32.2. The van der Waals surface area contributed by atoms with E-state index in [4.69, 9.17) is 0 Å². The minimum atomic E-state index is -3.47. The summed E-state index contributed by atoms with van der Waals surface area (Å²) < 4.78 is 27.8. The van der Waals surface area contributed by atoms with Gasteiger partial charge >= 0.3 is 0 Å². The molecule has 2 aromatic carbocycles. The Labute approximate surface area is 136 Å². The van der Waals surface area contributed by atoms with Crippen LogP contribution in [0.3, 0.4) is 0 Å². The summed E-state index contributed by atoms with van der Waals surface area (Å²) in [4.78, 5) is 4.91. The molecule has 3 aromatic rings. The molecule has 0 amide bonds. The van der Waals surface area contributed by atoms with Crippen molar-refractivity contribution in [3.8, 4) is 0 Å². The summed E-state index contributed by atoms with van der Waals surface area (Å²) in [7, 11) is -3.47. The maximum atomic E-state index is 12.9. The third kappa shape index (κ3) is 2.65. The molecule has 23 heavy (non-hydrogen) atoms. The average molecular weight is 328 g/mol. The van der Waals surface area contributed by atoms with Gasteiger partial charge in [0.15, 0.2) is 9.84 Å². The molecule has 0 spiro atoms. The summed E-state index contributed by atoms with van der Waals surface area (Å²) in [6.45, 7) is 6.34. The van der Waals surface area contributed by atoms with Gasteiger partial charge in [0.25, 0.3) is 0 Å². The number of nitrogens with zero attached hydrogens (tertiary/aromatic N) is 2. The molecule has 0 N–H and O–H groups in total. The molecule has 0 aliphatic rings. The van der Waals surface area contributed by atoms with Crippen molar-refractivity contribution in [1.29, 1.82) is 0 Å². The number of benzene rings is 2. The summed E-state index contributed by atoms with van der Waals surface area (Å²) in [5.74, 6) is 0.592. The van der Waals surface area contributed by atoms with E-state index in [2.05, 4.69) is 4.98 Å². The Morgan fingerprint density at radius 2 is 1.74 bits per heavy atom. The highest BCUT2D eigenvalue weighted by molar-refractivity contribution is 7.91. The SMILES string of the molecule is CCn1c(C(C)S(=O)(=O)c2ccc(C)cc2)nc2ccccc21. The van der Waals surface area contributed by atoms with Crippen molar-refractivity contribution in [1.82, 2.24) is 9.55 Å². The molecular weight excluding hydrogens is 308 g/mol. The normalized spacial score (nSPS) is 13.3. The first-order valence-electron chi connectivity index (χ1n) is 7.71. The zero-order valence-corrected chi connectivity index (χ0v) is 14.3. The minimum Gasteiger partial charge on any atom is -0.327 e. The van der Waals surface area contributed by atoms with Crippen LogP contribution in [0.15, 0.2) is 53.4 Å². The van der Waals surface area contributed by atoms with Crippen LogP contribution in [0.4, 0.5) is 0 Å². The summed E-state index contributed by atoms with van der Waals surface area (Å²) in [6.07, 6.45) is 0. The van der Waals surface area contributed by atoms with E-state index in [0.717, 1.165) is 16.6 Å². The lowest BCUT2D eigenvalue weighted by molar-refractivity contribution is 0.578. The van der Waals surface area contributed by atoms with Crippen molar-refractivity contribution in [2.24, 2.45) is 0 Å². The van der Waals surface area contributed by atoms with E-state index in [0.29, 0.717) is 17.3 Å². The number of rotatable bonds is 4. The molecule has 0 aliphatic heterocycles. The monoisotopic (exact) mass is 328 g/mol. The van der Waals surface area contributed by atoms with Gasteiger partial charge in [-0.25, -0.2) is 13.4 Å². The predicted octanol–water partition coefficient (Wildman–Crippen LogP) is 3.90. The molecule has 5 heteroatoms. The smallest absolute Gasteiger partial charge is 0.188 e. The minimum absolute atomic E-state index is 0.338. The Morgan fingerprint density at radius 3 is 2.39 bits per heavy atom. The van der Waals surface area contributed by atoms with Crippen LogP contribution in [0, 0.1) is 6.92 Å². The van der Waals surface area contributed by atoms with Gasteiger partial charge in [-0.05, 0) is 45.0 Å². The summed E-state index contributed by atoms with van der Waals surface area (Å²) in [5.41, 5.74) is 2.84. The molecular formula is C18H20N2O2S. The van der Waals surface area contributed by atoms with E-state index in [1.165, 1.54) is 0 Å². The zero-order valence-electron chi connectivity index (χ0n) is 13.5. The molecule has 120 valence electrons. The fourth-order valence-corrected chi connectivity index (χ4v) is 4.19. The summed E-state index contributed by atoms with van der Waals surface area (Å²) in [5, 5.41) is -0.697. The lowest BCUT2D eigenvalue weighted by atomic mass is 10.2. The number of hydrogen-bond acceptors (Lipinski definition) is 3. The Balaban J connectivity index is 2.12. The third-order valence-electron chi connectivity index (χ3n) is 4.18. The van der Waals surface area contributed by atoms with Crippen LogP contribution in [-0.2, 0) is 16.4 Å². The topological polar surface area (TPSA) is 52.0 Å². The first-order chi connectivity index (χ1) is 10.9. The van der Waals surface area contributed by atoms with E-state index in [1.807, 2.05) is 54.8 Å². The van der Waals surface area contributed by atoms with Gasteiger partial charge < -0.3 is 4.57 Å². The number of para-hydroxylation sites is 2. The summed E-state index contributed by atoms with van der Waals surface area (Å²) in [6, 6.07) is 14.7. The van der Waals surface area contributed by atoms with Gasteiger partial charge in [-0.15, -0.1) is 0 Å². The van der Waals surface area contributed by atoms with Crippen LogP contribution in [0.2, 0.25) is 0 Å². The number of hydrogen-bond donors (Lipinski definition) is 0. The van der Waals surface area contributed by atoms with Crippen LogP contribution >= 0.6 is 0 Å². The Hall–Kier alpha value is -2.14. The standard InChI is InChI=1S/C18H20N2O2S/c1-4-20-17-8-6-5-7-16(17)19-18(20)14(3)23(21,22)15-11-9-13(2)10-12-15/h5-12,14H,4H2,1-3H3. The Morgan fingerprint density at radius 1 is 1.09 bits per heavy atom. The maximum Gasteiger partial charge on any atom is 0.188 e. The largest absolute Gasteiger partial charge is 0.327 e. The number of imidazole rings is 1. The van der Waals surface area contributed by atoms with Gasteiger partial charge in [0.2, 0.25) is 0 Å². The molecule has 1 unspecified atom stereocenters. The Bertz CT molecular complexity index is 941. The number of fused-ring (bicyclic) bond motifs is 1. The van der Waals surface area contributed by atoms with E-state index in [9.17, 15) is 8.42 Å². The third-order valence-corrected chi connectivity index (χ3v) is 6.25. The maximum absolute atomic E-state index is 12.9. The van der Waals surface area contributed by atoms with Crippen molar-refractivity contribution >= 4 is 20.9 Å². The molecule has 0 aliphatic carbocycles. The first-order valence-corrected chi connectivity index (χ1v) is 9.25. The van der Waals surface area contributed by atoms with E-state index in [1.54, 1.807) is 19.1 Å². The van der Waals surface area contributed by atoms with Gasteiger partial charge in [-0.3, -0.25) is 0 Å². The van der Waals surface area contributed by atoms with Crippen LogP contribution in [0.25, 0.3) is 11.0 Å². The van der Waals surface area contributed by atoms with Gasteiger partial charge in [-0.1, -0.05) is 29.8 Å². The van der Waals surface area contributed by atoms with Crippen LogP contribution in [-0.4, -0.2) is 18.0 Å². The summed E-state index contributed by atoms with van der Waals surface area (Å²) >= 11 is 0. The number of sulfone groups is 1. The molecule has 1 aromatic heterocycles. The molecule has 0 fully saturated rings.